The van der Waals surface area contributed by atoms with Gasteiger partial charge in [-0.2, -0.15) is 0 Å². The molecule has 1 fully saturated rings. The summed E-state index contributed by atoms with van der Waals surface area (Å²) in [5.41, 5.74) is -1.53. The number of amides is 2. The monoisotopic (exact) mass is 422 g/mol. The quantitative estimate of drug-likeness (QED) is 0.352. The highest BCUT2D eigenvalue weighted by Crippen LogP contribution is 2.44. The first-order valence-electron chi connectivity index (χ1n) is 9.30. The summed E-state index contributed by atoms with van der Waals surface area (Å²) in [6.07, 6.45) is 5.56. The van der Waals surface area contributed by atoms with E-state index in [4.69, 9.17) is 9.84 Å². The van der Waals surface area contributed by atoms with Gasteiger partial charge in [0.25, 0.3) is 15.9 Å². The van der Waals surface area contributed by atoms with Gasteiger partial charge in [-0.05, 0) is 44.2 Å². The first-order valence-corrected chi connectivity index (χ1v) is 10.8. The minimum Gasteiger partial charge on any atom is -0.492 e. The van der Waals surface area contributed by atoms with E-state index in [1.807, 2.05) is 10.8 Å². The zero-order valence-electron chi connectivity index (χ0n) is 16.1. The number of allylic oxidation sites excluding steroid dienone is 1. The van der Waals surface area contributed by atoms with Crippen molar-refractivity contribution >= 4 is 22.0 Å². The number of hydrogen-bond acceptors (Lipinski definition) is 5. The summed E-state index contributed by atoms with van der Waals surface area (Å²) in [5.74, 6) is -1.28. The van der Waals surface area contributed by atoms with Gasteiger partial charge in [0, 0.05) is 5.92 Å². The van der Waals surface area contributed by atoms with Crippen LogP contribution in [0.5, 0.6) is 5.75 Å². The fraction of sp³-hybridized carbons (Fsp3) is 0.400. The Morgan fingerprint density at radius 3 is 2.59 bits per heavy atom. The zero-order chi connectivity index (χ0) is 21.5. The highest BCUT2D eigenvalue weighted by molar-refractivity contribution is 7.90. The topological polar surface area (TPSA) is 122 Å². The van der Waals surface area contributed by atoms with E-state index in [9.17, 15) is 18.0 Å². The summed E-state index contributed by atoms with van der Waals surface area (Å²) in [4.78, 5) is 23.4. The van der Waals surface area contributed by atoms with Gasteiger partial charge in [-0.1, -0.05) is 24.3 Å². The molecule has 1 aliphatic carbocycles. The molecule has 158 valence electrons. The molecule has 1 aromatic rings. The fourth-order valence-electron chi connectivity index (χ4n) is 3.03. The highest BCUT2D eigenvalue weighted by atomic mass is 32.2. The van der Waals surface area contributed by atoms with Crippen LogP contribution < -0.4 is 14.8 Å². The molecule has 3 N–H and O–H groups in total. The molecule has 0 spiro atoms. The molecule has 0 bridgehead atoms. The summed E-state index contributed by atoms with van der Waals surface area (Å²) in [6.45, 7) is 7.54. The van der Waals surface area contributed by atoms with Gasteiger partial charge in [-0.25, -0.2) is 17.9 Å². The smallest absolute Gasteiger partial charge is 0.405 e. The second-order valence-corrected chi connectivity index (χ2v) is 8.47. The summed E-state index contributed by atoms with van der Waals surface area (Å²) in [7, 11) is -4.26. The average molecular weight is 423 g/mol. The second-order valence-electron chi connectivity index (χ2n) is 6.82. The van der Waals surface area contributed by atoms with Crippen LogP contribution in [0, 0.1) is 5.92 Å². The van der Waals surface area contributed by atoms with Crippen LogP contribution in [0.1, 0.15) is 32.1 Å². The largest absolute Gasteiger partial charge is 0.492 e. The number of sulfonamides is 1. The number of nitrogens with one attached hydrogen (secondary N) is 2. The van der Waals surface area contributed by atoms with Gasteiger partial charge in [0.2, 0.25) is 0 Å². The zero-order valence-corrected chi connectivity index (χ0v) is 16.9. The molecule has 29 heavy (non-hydrogen) atoms. The number of benzene rings is 1. The normalized spacial score (nSPS) is 20.3. The molecule has 1 aromatic carbocycles. The van der Waals surface area contributed by atoms with Crippen LogP contribution in [-0.4, -0.2) is 37.7 Å². The Kier molecular flexibility index (Phi) is 7.44. The number of carboxylic acid groups (broad SMARTS) is 1. The van der Waals surface area contributed by atoms with E-state index in [1.165, 1.54) is 24.3 Å². The summed E-state index contributed by atoms with van der Waals surface area (Å²) >= 11 is 0. The summed E-state index contributed by atoms with van der Waals surface area (Å²) < 4.78 is 33.1. The molecule has 9 heteroatoms. The molecule has 0 radical (unpaired) electrons. The molecule has 0 saturated heterocycles. The molecule has 0 aliphatic heterocycles. The Morgan fingerprint density at radius 2 is 1.97 bits per heavy atom. The Labute approximate surface area is 170 Å². The number of ether oxygens (including phenoxy) is 1. The van der Waals surface area contributed by atoms with Crippen molar-refractivity contribution in [1.29, 1.82) is 0 Å². The first-order chi connectivity index (χ1) is 13.8. The standard InChI is InChI=1S/C20H26N2O6S/c1-3-5-6-7-10-13-28-16-11-8-9-12-17(16)29(26,27)22-18(23)20(21-19(24)25)14-15(20)4-2/h3-4,8-9,11-12,15,21H,1-2,5-7,10,13-14H2,(H,22,23)(H,24,25)/t15-,20-/m1/s1. The van der Waals surface area contributed by atoms with Crippen LogP contribution in [0.2, 0.25) is 0 Å². The number of carbonyl (C=O) groups excluding carboxylic acids is 1. The summed E-state index contributed by atoms with van der Waals surface area (Å²) in [5, 5.41) is 11.1. The minimum atomic E-state index is -4.26. The van der Waals surface area contributed by atoms with Crippen LogP contribution in [0.4, 0.5) is 4.79 Å². The van der Waals surface area contributed by atoms with Crippen molar-refractivity contribution in [2.24, 2.45) is 5.92 Å². The molecule has 1 saturated carbocycles. The lowest BCUT2D eigenvalue weighted by Gasteiger charge is -2.18. The molecule has 0 aromatic heterocycles. The number of carbonyl (C=O) groups is 2. The van der Waals surface area contributed by atoms with E-state index in [0.29, 0.717) is 6.61 Å². The lowest BCUT2D eigenvalue weighted by Crippen LogP contribution is -2.51. The van der Waals surface area contributed by atoms with Gasteiger partial charge in [0.05, 0.1) is 6.61 Å². The predicted octanol–water partition coefficient (Wildman–Crippen LogP) is 2.83. The van der Waals surface area contributed by atoms with Crippen molar-refractivity contribution < 1.29 is 27.9 Å². The van der Waals surface area contributed by atoms with Gasteiger partial charge >= 0.3 is 6.09 Å². The number of hydrogen-bond donors (Lipinski definition) is 3. The van der Waals surface area contributed by atoms with Gasteiger partial charge in [-0.15, -0.1) is 13.2 Å². The summed E-state index contributed by atoms with van der Waals surface area (Å²) in [6, 6.07) is 6.00. The molecule has 8 nitrogen and oxygen atoms in total. The SMILES string of the molecule is C=CCCCCCOc1ccccc1S(=O)(=O)NC(=O)[C@@]1(NC(=O)O)C[C@H]1C=C. The molecular formula is C20H26N2O6S. The maximum Gasteiger partial charge on any atom is 0.405 e. The Hall–Kier alpha value is -2.81. The van der Waals surface area contributed by atoms with Gasteiger partial charge < -0.3 is 15.2 Å². The molecule has 2 rings (SSSR count). The Morgan fingerprint density at radius 1 is 1.24 bits per heavy atom. The lowest BCUT2D eigenvalue weighted by molar-refractivity contribution is -0.122. The Balaban J connectivity index is 2.09. The second kappa shape index (κ2) is 9.60. The van der Waals surface area contributed by atoms with Gasteiger partial charge in [-0.3, -0.25) is 4.79 Å². The maximum absolute atomic E-state index is 12.8. The van der Waals surface area contributed by atoms with E-state index in [0.717, 1.165) is 25.7 Å². The molecular weight excluding hydrogens is 396 g/mol. The van der Waals surface area contributed by atoms with Crippen molar-refractivity contribution in [1.82, 2.24) is 10.0 Å². The molecule has 2 amide bonds. The fourth-order valence-corrected chi connectivity index (χ4v) is 4.22. The molecule has 2 atom stereocenters. The van der Waals surface area contributed by atoms with Gasteiger partial charge in [0.15, 0.2) is 0 Å². The van der Waals surface area contributed by atoms with Crippen LogP contribution in [0.15, 0.2) is 54.5 Å². The van der Waals surface area contributed by atoms with Crippen molar-refractivity contribution in [3.8, 4) is 5.75 Å². The predicted molar refractivity (Wildman–Crippen MR) is 108 cm³/mol. The van der Waals surface area contributed by atoms with Crippen molar-refractivity contribution in [2.75, 3.05) is 6.61 Å². The molecule has 0 heterocycles. The highest BCUT2D eigenvalue weighted by Gasteiger charge is 2.60. The average Bonchev–Trinajstić information content (AvgIpc) is 3.38. The third-order valence-electron chi connectivity index (χ3n) is 4.71. The first kappa shape index (κ1) is 22.5. The number of unbranched alkanes of at least 4 members (excludes halogenated alkanes) is 3. The van der Waals surface area contributed by atoms with E-state index >= 15 is 0 Å². The van der Waals surface area contributed by atoms with Gasteiger partial charge in [0.1, 0.15) is 16.2 Å². The third-order valence-corrected chi connectivity index (χ3v) is 6.08. The van der Waals surface area contributed by atoms with E-state index < -0.39 is 33.5 Å². The van der Waals surface area contributed by atoms with Crippen LogP contribution in [0.25, 0.3) is 0 Å². The lowest BCUT2D eigenvalue weighted by atomic mass is 10.2. The van der Waals surface area contributed by atoms with E-state index in [1.54, 1.807) is 6.07 Å². The van der Waals surface area contributed by atoms with E-state index in [2.05, 4.69) is 18.5 Å². The minimum absolute atomic E-state index is 0.132. The van der Waals surface area contributed by atoms with Crippen LogP contribution in [0.3, 0.4) is 0 Å². The van der Waals surface area contributed by atoms with Crippen molar-refractivity contribution in [3.63, 3.8) is 0 Å². The van der Waals surface area contributed by atoms with E-state index in [-0.39, 0.29) is 17.1 Å². The van der Waals surface area contributed by atoms with Crippen LogP contribution >= 0.6 is 0 Å². The van der Waals surface area contributed by atoms with Crippen molar-refractivity contribution in [3.05, 3.63) is 49.6 Å². The third kappa shape index (κ3) is 5.60. The number of rotatable bonds is 12. The molecule has 0 unspecified atom stereocenters. The van der Waals surface area contributed by atoms with Crippen LogP contribution in [-0.2, 0) is 14.8 Å². The Bertz CT molecular complexity index is 883. The maximum atomic E-state index is 12.8. The van der Waals surface area contributed by atoms with Crippen molar-refractivity contribution in [2.45, 2.75) is 42.5 Å². The molecule has 1 aliphatic rings. The number of para-hydroxylation sites is 1.